The lowest BCUT2D eigenvalue weighted by Crippen LogP contribution is -2.33. The Hall–Kier alpha value is -1.88. The summed E-state index contributed by atoms with van der Waals surface area (Å²) in [6.07, 6.45) is 0.417. The van der Waals surface area contributed by atoms with Gasteiger partial charge in [-0.1, -0.05) is 12.1 Å². The zero-order valence-corrected chi connectivity index (χ0v) is 10.1. The number of carboxylic acids is 1. The number of hydrogen-bond acceptors (Lipinski definition) is 3. The Bertz CT molecular complexity index is 512. The normalized spacial score (nSPS) is 16.9. The molecule has 1 atom stereocenters. The molecule has 0 fully saturated rings. The quantitative estimate of drug-likeness (QED) is 0.740. The Labute approximate surface area is 104 Å². The monoisotopic (exact) mass is 249 g/mol. The highest BCUT2D eigenvalue weighted by Crippen LogP contribution is 2.32. The van der Waals surface area contributed by atoms with Gasteiger partial charge in [0.1, 0.15) is 0 Å². The third-order valence-corrected chi connectivity index (χ3v) is 3.45. The van der Waals surface area contributed by atoms with Crippen LogP contribution in [0.1, 0.15) is 24.5 Å². The molecule has 1 heterocycles. The van der Waals surface area contributed by atoms with Crippen molar-refractivity contribution in [2.45, 2.75) is 25.2 Å². The van der Waals surface area contributed by atoms with E-state index in [2.05, 4.69) is 5.32 Å². The van der Waals surface area contributed by atoms with Crippen LogP contribution in [0, 0.1) is 0 Å². The van der Waals surface area contributed by atoms with Crippen LogP contribution < -0.4 is 5.32 Å². The van der Waals surface area contributed by atoms with E-state index in [9.17, 15) is 14.7 Å². The molecule has 1 aliphatic heterocycles. The Morgan fingerprint density at radius 1 is 1.50 bits per heavy atom. The SMILES string of the molecule is CC(CCO)(C(=O)O)c1ccc2c(c1)CC(=O)N2. The summed E-state index contributed by atoms with van der Waals surface area (Å²) in [7, 11) is 0. The predicted molar refractivity (Wildman–Crippen MR) is 65.5 cm³/mol. The minimum absolute atomic E-state index is 0.0821. The number of hydrogen-bond donors (Lipinski definition) is 3. The molecule has 3 N–H and O–H groups in total. The van der Waals surface area contributed by atoms with E-state index in [1.54, 1.807) is 25.1 Å². The molecule has 0 radical (unpaired) electrons. The average molecular weight is 249 g/mol. The summed E-state index contributed by atoms with van der Waals surface area (Å²) >= 11 is 0. The average Bonchev–Trinajstić information content (AvgIpc) is 2.67. The molecule has 1 aromatic carbocycles. The van der Waals surface area contributed by atoms with Gasteiger partial charge in [-0.25, -0.2) is 0 Å². The number of aliphatic carboxylic acids is 1. The van der Waals surface area contributed by atoms with Crippen molar-refractivity contribution in [1.82, 2.24) is 0 Å². The van der Waals surface area contributed by atoms with Gasteiger partial charge in [0, 0.05) is 12.3 Å². The molecule has 0 bridgehead atoms. The van der Waals surface area contributed by atoms with E-state index in [1.165, 1.54) is 0 Å². The number of amides is 1. The minimum Gasteiger partial charge on any atom is -0.481 e. The second kappa shape index (κ2) is 4.42. The molecule has 18 heavy (non-hydrogen) atoms. The first-order valence-corrected chi connectivity index (χ1v) is 5.75. The Morgan fingerprint density at radius 3 is 2.83 bits per heavy atom. The molecule has 0 spiro atoms. The molecule has 5 heteroatoms. The van der Waals surface area contributed by atoms with Gasteiger partial charge in [-0.2, -0.15) is 0 Å². The van der Waals surface area contributed by atoms with Crippen molar-refractivity contribution in [3.63, 3.8) is 0 Å². The van der Waals surface area contributed by atoms with Crippen molar-refractivity contribution in [3.8, 4) is 0 Å². The van der Waals surface area contributed by atoms with E-state index in [1.807, 2.05) is 0 Å². The molecule has 1 amide bonds. The van der Waals surface area contributed by atoms with Crippen LogP contribution in [0.3, 0.4) is 0 Å². The van der Waals surface area contributed by atoms with Crippen LogP contribution >= 0.6 is 0 Å². The highest BCUT2D eigenvalue weighted by molar-refractivity contribution is 5.99. The predicted octanol–water partition coefficient (Wildman–Crippen LogP) is 0.906. The molecule has 0 aliphatic carbocycles. The van der Waals surface area contributed by atoms with Crippen LogP contribution in [-0.4, -0.2) is 28.7 Å². The van der Waals surface area contributed by atoms with E-state index in [0.717, 1.165) is 11.3 Å². The van der Waals surface area contributed by atoms with Gasteiger partial charge < -0.3 is 15.5 Å². The number of benzene rings is 1. The first-order chi connectivity index (χ1) is 8.47. The van der Waals surface area contributed by atoms with E-state index < -0.39 is 11.4 Å². The van der Waals surface area contributed by atoms with Gasteiger partial charge in [-0.15, -0.1) is 0 Å². The summed E-state index contributed by atoms with van der Waals surface area (Å²) in [6.45, 7) is 1.38. The van der Waals surface area contributed by atoms with E-state index in [0.29, 0.717) is 5.56 Å². The van der Waals surface area contributed by atoms with Crippen molar-refractivity contribution in [2.24, 2.45) is 0 Å². The van der Waals surface area contributed by atoms with Crippen molar-refractivity contribution in [1.29, 1.82) is 0 Å². The lowest BCUT2D eigenvalue weighted by Gasteiger charge is -2.25. The molecular weight excluding hydrogens is 234 g/mol. The molecule has 0 saturated heterocycles. The standard InChI is InChI=1S/C13H15NO4/c1-13(4-5-15,12(17)18)9-2-3-10-8(6-9)7-11(16)14-10/h2-3,6,15H,4-5,7H2,1H3,(H,14,16)(H,17,18). The highest BCUT2D eigenvalue weighted by atomic mass is 16.4. The van der Waals surface area contributed by atoms with Gasteiger partial charge in [0.2, 0.25) is 5.91 Å². The van der Waals surface area contributed by atoms with Gasteiger partial charge in [0.05, 0.1) is 11.8 Å². The van der Waals surface area contributed by atoms with Gasteiger partial charge in [0.25, 0.3) is 0 Å². The van der Waals surface area contributed by atoms with Gasteiger partial charge in [-0.3, -0.25) is 9.59 Å². The zero-order valence-electron chi connectivity index (χ0n) is 10.1. The smallest absolute Gasteiger partial charge is 0.313 e. The van der Waals surface area contributed by atoms with Gasteiger partial charge in [0.15, 0.2) is 0 Å². The summed E-state index contributed by atoms with van der Waals surface area (Å²) in [4.78, 5) is 22.6. The molecule has 5 nitrogen and oxygen atoms in total. The lowest BCUT2D eigenvalue weighted by atomic mass is 9.79. The number of aliphatic hydroxyl groups is 1. The first kappa shape index (κ1) is 12.6. The third kappa shape index (κ3) is 1.97. The topological polar surface area (TPSA) is 86.6 Å². The van der Waals surface area contributed by atoms with E-state index in [4.69, 9.17) is 5.11 Å². The number of aliphatic hydroxyl groups excluding tert-OH is 1. The number of fused-ring (bicyclic) bond motifs is 1. The largest absolute Gasteiger partial charge is 0.481 e. The Morgan fingerprint density at radius 2 is 2.22 bits per heavy atom. The van der Waals surface area contributed by atoms with E-state index in [-0.39, 0.29) is 25.4 Å². The number of carboxylic acid groups (broad SMARTS) is 1. The van der Waals surface area contributed by atoms with Crippen LogP contribution in [0.15, 0.2) is 18.2 Å². The first-order valence-electron chi connectivity index (χ1n) is 5.75. The second-order valence-corrected chi connectivity index (χ2v) is 4.71. The number of anilines is 1. The van der Waals surface area contributed by atoms with Gasteiger partial charge in [-0.05, 0) is 30.5 Å². The lowest BCUT2D eigenvalue weighted by molar-refractivity contribution is -0.143. The molecule has 1 unspecified atom stereocenters. The number of carbonyl (C=O) groups excluding carboxylic acids is 1. The summed E-state index contributed by atoms with van der Waals surface area (Å²) in [5.74, 6) is -1.06. The fourth-order valence-corrected chi connectivity index (χ4v) is 2.17. The van der Waals surface area contributed by atoms with Crippen molar-refractivity contribution < 1.29 is 19.8 Å². The molecular formula is C13H15NO4. The Balaban J connectivity index is 2.42. The molecule has 2 rings (SSSR count). The molecule has 1 aromatic rings. The van der Waals surface area contributed by atoms with Crippen LogP contribution in [-0.2, 0) is 21.4 Å². The van der Waals surface area contributed by atoms with Crippen LogP contribution in [0.2, 0.25) is 0 Å². The maximum Gasteiger partial charge on any atom is 0.313 e. The Kier molecular flexibility index (Phi) is 3.09. The van der Waals surface area contributed by atoms with Crippen molar-refractivity contribution in [3.05, 3.63) is 29.3 Å². The third-order valence-electron chi connectivity index (χ3n) is 3.45. The summed E-state index contributed by atoms with van der Waals surface area (Å²) in [5, 5.41) is 21.0. The number of rotatable bonds is 4. The highest BCUT2D eigenvalue weighted by Gasteiger charge is 2.35. The summed E-state index contributed by atoms with van der Waals surface area (Å²) < 4.78 is 0. The van der Waals surface area contributed by atoms with Crippen LogP contribution in [0.25, 0.3) is 0 Å². The molecule has 96 valence electrons. The van der Waals surface area contributed by atoms with Crippen LogP contribution in [0.5, 0.6) is 0 Å². The zero-order chi connectivity index (χ0) is 13.3. The molecule has 0 saturated carbocycles. The van der Waals surface area contributed by atoms with Crippen LogP contribution in [0.4, 0.5) is 5.69 Å². The minimum atomic E-state index is -1.13. The van der Waals surface area contributed by atoms with Crippen molar-refractivity contribution in [2.75, 3.05) is 11.9 Å². The fraction of sp³-hybridized carbons (Fsp3) is 0.385. The fourth-order valence-electron chi connectivity index (χ4n) is 2.17. The number of nitrogens with one attached hydrogen (secondary N) is 1. The maximum absolute atomic E-state index is 11.4. The second-order valence-electron chi connectivity index (χ2n) is 4.71. The van der Waals surface area contributed by atoms with Gasteiger partial charge >= 0.3 is 5.97 Å². The van der Waals surface area contributed by atoms with Crippen molar-refractivity contribution >= 4 is 17.6 Å². The number of carbonyl (C=O) groups is 2. The molecule has 1 aliphatic rings. The maximum atomic E-state index is 11.4. The molecule has 0 aromatic heterocycles. The summed E-state index contributed by atoms with van der Waals surface area (Å²) in [5.41, 5.74) is 1.03. The summed E-state index contributed by atoms with van der Waals surface area (Å²) in [6, 6.07) is 5.14. The van der Waals surface area contributed by atoms with E-state index >= 15 is 0 Å².